The zero-order chi connectivity index (χ0) is 13.8. The Morgan fingerprint density at radius 3 is 2.63 bits per heavy atom. The van der Waals surface area contributed by atoms with Gasteiger partial charge in [-0.25, -0.2) is 0 Å². The van der Waals surface area contributed by atoms with Crippen molar-refractivity contribution < 1.29 is 14.6 Å². The molecule has 1 saturated carbocycles. The topological polar surface area (TPSA) is 38.7 Å². The molecule has 0 amide bonds. The first-order valence-corrected chi connectivity index (χ1v) is 7.08. The number of hydrogen-bond donors (Lipinski definition) is 1. The number of aliphatic hydroxyl groups excluding tert-OH is 1. The molecule has 0 bridgehead atoms. The first kappa shape index (κ1) is 14.2. The lowest BCUT2D eigenvalue weighted by atomic mass is 9.80. The average molecular weight is 264 g/mol. The average Bonchev–Trinajstić information content (AvgIpc) is 2.43. The molecule has 0 aromatic heterocycles. The lowest BCUT2D eigenvalue weighted by Gasteiger charge is -2.32. The van der Waals surface area contributed by atoms with Crippen LogP contribution in [0.3, 0.4) is 0 Å². The standard InChI is InChI=1S/C16H24O3/c1-11-4-6-15(8-12(11)2)19-16-9-14(18-3)7-5-13(16)10-17/h5,7,9,11-12,15,17H,4,6,8,10H2,1-3H3. The Morgan fingerprint density at radius 1 is 1.21 bits per heavy atom. The van der Waals surface area contributed by atoms with Gasteiger partial charge in [0.25, 0.3) is 0 Å². The minimum atomic E-state index is -0.00198. The van der Waals surface area contributed by atoms with Crippen molar-refractivity contribution in [3.05, 3.63) is 23.8 Å². The maximum Gasteiger partial charge on any atom is 0.128 e. The number of benzene rings is 1. The molecule has 0 spiro atoms. The number of ether oxygens (including phenoxy) is 2. The summed E-state index contributed by atoms with van der Waals surface area (Å²) in [5, 5.41) is 9.38. The molecule has 3 atom stereocenters. The smallest absolute Gasteiger partial charge is 0.128 e. The summed E-state index contributed by atoms with van der Waals surface area (Å²) in [5.74, 6) is 3.00. The fraction of sp³-hybridized carbons (Fsp3) is 0.625. The van der Waals surface area contributed by atoms with Gasteiger partial charge in [0, 0.05) is 11.6 Å². The van der Waals surface area contributed by atoms with Gasteiger partial charge >= 0.3 is 0 Å². The fourth-order valence-electron chi connectivity index (χ4n) is 2.69. The Kier molecular flexibility index (Phi) is 4.70. The summed E-state index contributed by atoms with van der Waals surface area (Å²) in [4.78, 5) is 0. The van der Waals surface area contributed by atoms with E-state index in [0.29, 0.717) is 5.92 Å². The van der Waals surface area contributed by atoms with Crippen LogP contribution in [0.2, 0.25) is 0 Å². The third kappa shape index (κ3) is 3.41. The maximum atomic E-state index is 9.38. The second-order valence-corrected chi connectivity index (χ2v) is 5.64. The molecule has 1 N–H and O–H groups in total. The van der Waals surface area contributed by atoms with Gasteiger partial charge in [0.15, 0.2) is 0 Å². The van der Waals surface area contributed by atoms with Crippen LogP contribution in [0.5, 0.6) is 11.5 Å². The summed E-state index contributed by atoms with van der Waals surface area (Å²) in [6.07, 6.45) is 3.64. The Labute approximate surface area is 115 Å². The van der Waals surface area contributed by atoms with E-state index in [1.54, 1.807) is 7.11 Å². The Bertz CT molecular complexity index is 416. The van der Waals surface area contributed by atoms with Crippen molar-refractivity contribution in [3.8, 4) is 11.5 Å². The fourth-order valence-corrected chi connectivity index (χ4v) is 2.69. The second-order valence-electron chi connectivity index (χ2n) is 5.64. The normalized spacial score (nSPS) is 27.1. The molecule has 1 aromatic rings. The highest BCUT2D eigenvalue weighted by molar-refractivity contribution is 5.40. The summed E-state index contributed by atoms with van der Waals surface area (Å²) >= 11 is 0. The monoisotopic (exact) mass is 264 g/mol. The highest BCUT2D eigenvalue weighted by Gasteiger charge is 2.26. The molecule has 19 heavy (non-hydrogen) atoms. The van der Waals surface area contributed by atoms with Gasteiger partial charge in [-0.15, -0.1) is 0 Å². The zero-order valence-electron chi connectivity index (χ0n) is 12.1. The van der Waals surface area contributed by atoms with Gasteiger partial charge in [0.1, 0.15) is 11.5 Å². The van der Waals surface area contributed by atoms with Crippen LogP contribution in [0.1, 0.15) is 38.7 Å². The lowest BCUT2D eigenvalue weighted by molar-refractivity contribution is 0.0979. The molecule has 2 rings (SSSR count). The van der Waals surface area contributed by atoms with Crippen LogP contribution in [0.4, 0.5) is 0 Å². The third-order valence-corrected chi connectivity index (χ3v) is 4.29. The molecule has 1 aromatic carbocycles. The molecule has 106 valence electrons. The van der Waals surface area contributed by atoms with E-state index in [9.17, 15) is 5.11 Å². The molecule has 0 radical (unpaired) electrons. The van der Waals surface area contributed by atoms with Gasteiger partial charge in [-0.1, -0.05) is 13.8 Å². The van der Waals surface area contributed by atoms with Crippen LogP contribution < -0.4 is 9.47 Å². The minimum Gasteiger partial charge on any atom is -0.497 e. The molecule has 0 saturated heterocycles. The first-order valence-electron chi connectivity index (χ1n) is 7.08. The number of hydrogen-bond acceptors (Lipinski definition) is 3. The van der Waals surface area contributed by atoms with E-state index >= 15 is 0 Å². The molecular formula is C16H24O3. The summed E-state index contributed by atoms with van der Waals surface area (Å²) in [7, 11) is 1.64. The summed E-state index contributed by atoms with van der Waals surface area (Å²) in [6, 6.07) is 5.58. The van der Waals surface area contributed by atoms with Gasteiger partial charge < -0.3 is 14.6 Å². The third-order valence-electron chi connectivity index (χ3n) is 4.29. The minimum absolute atomic E-state index is 0.00198. The number of methoxy groups -OCH3 is 1. The van der Waals surface area contributed by atoms with Gasteiger partial charge in [0.2, 0.25) is 0 Å². The quantitative estimate of drug-likeness (QED) is 0.906. The highest BCUT2D eigenvalue weighted by atomic mass is 16.5. The van der Waals surface area contributed by atoms with Crippen molar-refractivity contribution in [2.45, 2.75) is 45.8 Å². The van der Waals surface area contributed by atoms with Crippen molar-refractivity contribution in [3.63, 3.8) is 0 Å². The molecule has 0 aliphatic heterocycles. The Morgan fingerprint density at radius 2 is 2.00 bits per heavy atom. The van der Waals surface area contributed by atoms with Crippen molar-refractivity contribution in [1.82, 2.24) is 0 Å². The van der Waals surface area contributed by atoms with Gasteiger partial charge in [0.05, 0.1) is 19.8 Å². The van der Waals surface area contributed by atoms with Crippen molar-refractivity contribution >= 4 is 0 Å². The molecule has 3 unspecified atom stereocenters. The van der Waals surface area contributed by atoms with E-state index in [2.05, 4.69) is 13.8 Å². The van der Waals surface area contributed by atoms with Gasteiger partial charge in [-0.05, 0) is 43.2 Å². The second kappa shape index (κ2) is 6.29. The van der Waals surface area contributed by atoms with Crippen molar-refractivity contribution in [1.29, 1.82) is 0 Å². The molecular weight excluding hydrogens is 240 g/mol. The Hall–Kier alpha value is -1.22. The van der Waals surface area contributed by atoms with Crippen LogP contribution in [0, 0.1) is 11.8 Å². The largest absolute Gasteiger partial charge is 0.497 e. The predicted octanol–water partition coefficient (Wildman–Crippen LogP) is 3.39. The van der Waals surface area contributed by atoms with Gasteiger partial charge in [-0.2, -0.15) is 0 Å². The van der Waals surface area contributed by atoms with E-state index in [1.165, 1.54) is 6.42 Å². The summed E-state index contributed by atoms with van der Waals surface area (Å²) in [6.45, 7) is 4.60. The van der Waals surface area contributed by atoms with Crippen molar-refractivity contribution in [2.24, 2.45) is 11.8 Å². The van der Waals surface area contributed by atoms with Crippen LogP contribution in [-0.4, -0.2) is 18.3 Å². The lowest BCUT2D eigenvalue weighted by Crippen LogP contribution is -2.29. The van der Waals surface area contributed by atoms with E-state index in [-0.39, 0.29) is 12.7 Å². The van der Waals surface area contributed by atoms with E-state index in [1.807, 2.05) is 18.2 Å². The van der Waals surface area contributed by atoms with Crippen LogP contribution in [0.15, 0.2) is 18.2 Å². The predicted molar refractivity (Wildman–Crippen MR) is 75.5 cm³/mol. The Balaban J connectivity index is 2.09. The molecule has 3 heteroatoms. The van der Waals surface area contributed by atoms with Crippen LogP contribution in [0.25, 0.3) is 0 Å². The van der Waals surface area contributed by atoms with Gasteiger partial charge in [-0.3, -0.25) is 0 Å². The SMILES string of the molecule is COc1ccc(CO)c(OC2CCC(C)C(C)C2)c1. The van der Waals surface area contributed by atoms with E-state index in [0.717, 1.165) is 35.8 Å². The molecule has 3 nitrogen and oxygen atoms in total. The first-order chi connectivity index (χ1) is 9.13. The number of aliphatic hydroxyl groups is 1. The van der Waals surface area contributed by atoms with E-state index in [4.69, 9.17) is 9.47 Å². The zero-order valence-corrected chi connectivity index (χ0v) is 12.1. The molecule has 1 aliphatic rings. The number of rotatable bonds is 4. The summed E-state index contributed by atoms with van der Waals surface area (Å²) < 4.78 is 11.3. The molecule has 1 fully saturated rings. The van der Waals surface area contributed by atoms with Crippen molar-refractivity contribution in [2.75, 3.05) is 7.11 Å². The molecule has 0 heterocycles. The van der Waals surface area contributed by atoms with Crippen LogP contribution >= 0.6 is 0 Å². The molecule has 1 aliphatic carbocycles. The summed E-state index contributed by atoms with van der Waals surface area (Å²) in [5.41, 5.74) is 0.826. The van der Waals surface area contributed by atoms with E-state index < -0.39 is 0 Å². The van der Waals surface area contributed by atoms with Crippen LogP contribution in [-0.2, 0) is 6.61 Å². The maximum absolute atomic E-state index is 9.38. The highest BCUT2D eigenvalue weighted by Crippen LogP contribution is 2.33.